The molecular formula is C6H16N2O2. The van der Waals surface area contributed by atoms with E-state index in [-0.39, 0.29) is 0 Å². The smallest absolute Gasteiger partial charge is 0.0207 e. The third kappa shape index (κ3) is 7.84. The van der Waals surface area contributed by atoms with Crippen molar-refractivity contribution in [1.82, 2.24) is 11.0 Å². The molecule has 10 heavy (non-hydrogen) atoms. The predicted octanol–water partition coefficient (Wildman–Crippen LogP) is 0.504. The van der Waals surface area contributed by atoms with Crippen molar-refractivity contribution in [2.24, 2.45) is 0 Å². The molecule has 0 amide bonds. The van der Waals surface area contributed by atoms with Crippen LogP contribution < -0.4 is 11.0 Å². The maximum atomic E-state index is 8.17. The summed E-state index contributed by atoms with van der Waals surface area (Å²) in [5.74, 6) is 0. The van der Waals surface area contributed by atoms with Gasteiger partial charge in [0.15, 0.2) is 0 Å². The number of unbranched alkanes of at least 4 members (excludes halogenated alkanes) is 3. The number of hydrogen-bond acceptors (Lipinski definition) is 4. The summed E-state index contributed by atoms with van der Waals surface area (Å²) in [5.41, 5.74) is 4.19. The van der Waals surface area contributed by atoms with Crippen LogP contribution in [-0.2, 0) is 0 Å². The first kappa shape index (κ1) is 9.84. The second-order valence-electron chi connectivity index (χ2n) is 2.23. The van der Waals surface area contributed by atoms with Crippen LogP contribution in [0.15, 0.2) is 0 Å². The van der Waals surface area contributed by atoms with E-state index in [0.29, 0.717) is 13.1 Å². The summed E-state index contributed by atoms with van der Waals surface area (Å²) in [6.07, 6.45) is 4.16. The van der Waals surface area contributed by atoms with Crippen molar-refractivity contribution in [2.45, 2.75) is 25.7 Å². The Morgan fingerprint density at radius 2 is 1.10 bits per heavy atom. The first-order valence-corrected chi connectivity index (χ1v) is 3.65. The highest BCUT2D eigenvalue weighted by atomic mass is 16.5. The number of hydrogen-bond donors (Lipinski definition) is 4. The van der Waals surface area contributed by atoms with Gasteiger partial charge in [-0.1, -0.05) is 12.8 Å². The Hall–Kier alpha value is -0.160. The van der Waals surface area contributed by atoms with Crippen LogP contribution in [0.4, 0.5) is 0 Å². The van der Waals surface area contributed by atoms with E-state index >= 15 is 0 Å². The van der Waals surface area contributed by atoms with Gasteiger partial charge in [0, 0.05) is 13.1 Å². The van der Waals surface area contributed by atoms with Crippen LogP contribution in [0.5, 0.6) is 0 Å². The molecule has 62 valence electrons. The zero-order valence-corrected chi connectivity index (χ0v) is 6.14. The SMILES string of the molecule is ONCCCCCCNO. The molecular weight excluding hydrogens is 132 g/mol. The molecule has 0 saturated heterocycles. The highest BCUT2D eigenvalue weighted by Crippen LogP contribution is 1.96. The summed E-state index contributed by atoms with van der Waals surface area (Å²) in [7, 11) is 0. The van der Waals surface area contributed by atoms with Gasteiger partial charge in [-0.25, -0.2) is 11.0 Å². The Morgan fingerprint density at radius 3 is 1.40 bits per heavy atom. The molecule has 0 atom stereocenters. The lowest BCUT2D eigenvalue weighted by Gasteiger charge is -1.98. The molecule has 0 fully saturated rings. The molecule has 4 heteroatoms. The molecule has 0 saturated carbocycles. The Balaban J connectivity index is 2.65. The summed E-state index contributed by atoms with van der Waals surface area (Å²) in [6, 6.07) is 0. The van der Waals surface area contributed by atoms with Crippen LogP contribution >= 0.6 is 0 Å². The number of rotatable bonds is 7. The minimum atomic E-state index is 0.659. The molecule has 0 heterocycles. The molecule has 0 bridgehead atoms. The van der Waals surface area contributed by atoms with Crippen molar-refractivity contribution < 1.29 is 10.4 Å². The average molecular weight is 148 g/mol. The van der Waals surface area contributed by atoms with Crippen LogP contribution in [0.2, 0.25) is 0 Å². The molecule has 0 aliphatic carbocycles. The highest BCUT2D eigenvalue weighted by molar-refractivity contribution is 4.44. The summed E-state index contributed by atoms with van der Waals surface area (Å²) in [6.45, 7) is 1.32. The van der Waals surface area contributed by atoms with E-state index in [1.807, 2.05) is 0 Å². The van der Waals surface area contributed by atoms with E-state index in [2.05, 4.69) is 11.0 Å². The molecule has 0 aromatic heterocycles. The fourth-order valence-corrected chi connectivity index (χ4v) is 0.762. The van der Waals surface area contributed by atoms with Crippen LogP contribution in [0.3, 0.4) is 0 Å². The molecule has 0 aliphatic heterocycles. The molecule has 0 aromatic rings. The largest absolute Gasteiger partial charge is 0.317 e. The van der Waals surface area contributed by atoms with Crippen molar-refractivity contribution in [3.05, 3.63) is 0 Å². The quantitative estimate of drug-likeness (QED) is 0.314. The molecule has 0 aliphatic rings. The van der Waals surface area contributed by atoms with Crippen molar-refractivity contribution in [1.29, 1.82) is 0 Å². The maximum absolute atomic E-state index is 8.17. The summed E-state index contributed by atoms with van der Waals surface area (Å²) in [5, 5.41) is 16.3. The van der Waals surface area contributed by atoms with Gasteiger partial charge in [-0.05, 0) is 12.8 Å². The monoisotopic (exact) mass is 148 g/mol. The van der Waals surface area contributed by atoms with E-state index in [1.165, 1.54) is 0 Å². The average Bonchev–Trinajstić information content (AvgIpc) is 1.97. The minimum Gasteiger partial charge on any atom is -0.317 e. The van der Waals surface area contributed by atoms with E-state index in [1.54, 1.807) is 0 Å². The first-order valence-electron chi connectivity index (χ1n) is 3.65. The topological polar surface area (TPSA) is 64.5 Å². The summed E-state index contributed by atoms with van der Waals surface area (Å²) < 4.78 is 0. The zero-order chi connectivity index (χ0) is 7.66. The fraction of sp³-hybridized carbons (Fsp3) is 1.00. The van der Waals surface area contributed by atoms with Crippen LogP contribution in [0.1, 0.15) is 25.7 Å². The summed E-state index contributed by atoms with van der Waals surface area (Å²) in [4.78, 5) is 0. The molecule has 0 unspecified atom stereocenters. The van der Waals surface area contributed by atoms with Gasteiger partial charge in [0.2, 0.25) is 0 Å². The van der Waals surface area contributed by atoms with Gasteiger partial charge in [0.25, 0.3) is 0 Å². The Labute approximate surface area is 61.2 Å². The third-order valence-electron chi connectivity index (χ3n) is 1.33. The third-order valence-corrected chi connectivity index (χ3v) is 1.33. The second kappa shape index (κ2) is 8.84. The predicted molar refractivity (Wildman–Crippen MR) is 38.0 cm³/mol. The fourth-order valence-electron chi connectivity index (χ4n) is 0.762. The standard InChI is InChI=1S/C6H16N2O2/c9-7-5-3-1-2-4-6-8-10/h7-10H,1-6H2. The van der Waals surface area contributed by atoms with Crippen molar-refractivity contribution in [3.8, 4) is 0 Å². The minimum absolute atomic E-state index is 0.659. The van der Waals surface area contributed by atoms with Gasteiger partial charge < -0.3 is 10.4 Å². The maximum Gasteiger partial charge on any atom is 0.0207 e. The van der Waals surface area contributed by atoms with Gasteiger partial charge in [-0.15, -0.1) is 0 Å². The molecule has 0 spiro atoms. The number of nitrogens with one attached hydrogen (secondary N) is 2. The summed E-state index contributed by atoms with van der Waals surface area (Å²) >= 11 is 0. The molecule has 4 N–H and O–H groups in total. The highest BCUT2D eigenvalue weighted by Gasteiger charge is 1.87. The van der Waals surface area contributed by atoms with Gasteiger partial charge in [0.1, 0.15) is 0 Å². The Kier molecular flexibility index (Phi) is 8.70. The van der Waals surface area contributed by atoms with Crippen LogP contribution in [0.25, 0.3) is 0 Å². The van der Waals surface area contributed by atoms with Crippen molar-refractivity contribution >= 4 is 0 Å². The molecule has 4 nitrogen and oxygen atoms in total. The van der Waals surface area contributed by atoms with E-state index < -0.39 is 0 Å². The van der Waals surface area contributed by atoms with Gasteiger partial charge in [-0.2, -0.15) is 0 Å². The lowest BCUT2D eigenvalue weighted by atomic mass is 10.2. The van der Waals surface area contributed by atoms with Crippen molar-refractivity contribution in [2.75, 3.05) is 13.1 Å². The Morgan fingerprint density at radius 1 is 0.700 bits per heavy atom. The van der Waals surface area contributed by atoms with Gasteiger partial charge >= 0.3 is 0 Å². The van der Waals surface area contributed by atoms with E-state index in [4.69, 9.17) is 10.4 Å². The lowest BCUT2D eigenvalue weighted by Crippen LogP contribution is -2.10. The normalized spacial score (nSPS) is 10.2. The molecule has 0 radical (unpaired) electrons. The first-order chi connectivity index (χ1) is 4.91. The van der Waals surface area contributed by atoms with Crippen LogP contribution in [0, 0.1) is 0 Å². The van der Waals surface area contributed by atoms with Gasteiger partial charge in [-0.3, -0.25) is 0 Å². The lowest BCUT2D eigenvalue weighted by molar-refractivity contribution is 0.160. The zero-order valence-electron chi connectivity index (χ0n) is 6.14. The van der Waals surface area contributed by atoms with Crippen molar-refractivity contribution in [3.63, 3.8) is 0 Å². The molecule has 0 rings (SSSR count). The number of hydroxylamine groups is 2. The van der Waals surface area contributed by atoms with E-state index in [0.717, 1.165) is 25.7 Å². The Bertz CT molecular complexity index is 53.7. The van der Waals surface area contributed by atoms with E-state index in [9.17, 15) is 0 Å². The molecule has 0 aromatic carbocycles. The van der Waals surface area contributed by atoms with Crippen LogP contribution in [-0.4, -0.2) is 23.5 Å². The second-order valence-corrected chi connectivity index (χ2v) is 2.23. The van der Waals surface area contributed by atoms with Gasteiger partial charge in [0.05, 0.1) is 0 Å².